The second-order valence-corrected chi connectivity index (χ2v) is 7.86. The standard InChI is InChI=1S/C19H15N5O3S/c1-9-5-15(26)22-19(21-9)24-18(27)16-11-6-10(14-3-2-4-28-14)7-13(25)12(11)8-20-17(16)23-24/h2-5,8,10H,6-7H2,1H3,(H,20,23)(H,21,22,26). The van der Waals surface area contributed by atoms with Crippen LogP contribution in [0.4, 0.5) is 0 Å². The van der Waals surface area contributed by atoms with Gasteiger partial charge in [-0.25, -0.2) is 9.97 Å². The number of nitrogens with one attached hydrogen (secondary N) is 2. The van der Waals surface area contributed by atoms with Gasteiger partial charge < -0.3 is 0 Å². The molecular weight excluding hydrogens is 378 g/mol. The van der Waals surface area contributed by atoms with Gasteiger partial charge in [-0.1, -0.05) is 6.07 Å². The summed E-state index contributed by atoms with van der Waals surface area (Å²) in [5, 5.41) is 5.26. The maximum absolute atomic E-state index is 13.1. The fourth-order valence-corrected chi connectivity index (χ4v) is 4.61. The summed E-state index contributed by atoms with van der Waals surface area (Å²) in [5.74, 6) is 0.132. The van der Waals surface area contributed by atoms with Crippen LogP contribution in [-0.2, 0) is 6.42 Å². The summed E-state index contributed by atoms with van der Waals surface area (Å²) in [4.78, 5) is 49.8. The lowest BCUT2D eigenvalue weighted by molar-refractivity contribution is 0.0965. The number of carbonyl (C=O) groups is 1. The van der Waals surface area contributed by atoms with Gasteiger partial charge >= 0.3 is 0 Å². The number of hydrogen-bond donors (Lipinski definition) is 2. The van der Waals surface area contributed by atoms with Gasteiger partial charge in [0.1, 0.15) is 0 Å². The number of fused-ring (bicyclic) bond motifs is 3. The molecule has 4 heterocycles. The van der Waals surface area contributed by atoms with Gasteiger partial charge in [0.2, 0.25) is 5.95 Å². The number of aromatic nitrogens is 5. The molecule has 8 nitrogen and oxygen atoms in total. The molecule has 2 N–H and O–H groups in total. The first-order chi connectivity index (χ1) is 13.5. The molecule has 1 aliphatic carbocycles. The average molecular weight is 393 g/mol. The number of H-pyrrole nitrogens is 2. The lowest BCUT2D eigenvalue weighted by Crippen LogP contribution is -2.23. The van der Waals surface area contributed by atoms with Crippen LogP contribution in [0.15, 0.2) is 39.4 Å². The number of pyridine rings is 1. The highest BCUT2D eigenvalue weighted by molar-refractivity contribution is 7.10. The summed E-state index contributed by atoms with van der Waals surface area (Å²) in [5.41, 5.74) is 1.33. The Morgan fingerprint density at radius 2 is 2.11 bits per heavy atom. The van der Waals surface area contributed by atoms with Crippen molar-refractivity contribution in [2.24, 2.45) is 0 Å². The Balaban J connectivity index is 1.72. The highest BCUT2D eigenvalue weighted by Crippen LogP contribution is 2.36. The van der Waals surface area contributed by atoms with E-state index in [4.69, 9.17) is 0 Å². The molecule has 0 bridgehead atoms. The Morgan fingerprint density at radius 1 is 1.25 bits per heavy atom. The third-order valence-electron chi connectivity index (χ3n) is 5.02. The molecule has 0 saturated carbocycles. The smallest absolute Gasteiger partial charge is 0.283 e. The minimum absolute atomic E-state index is 0.0108. The van der Waals surface area contributed by atoms with Crippen molar-refractivity contribution in [1.29, 1.82) is 0 Å². The van der Waals surface area contributed by atoms with Gasteiger partial charge in [-0.3, -0.25) is 24.5 Å². The van der Waals surface area contributed by atoms with Crippen LogP contribution in [0.3, 0.4) is 0 Å². The first kappa shape index (κ1) is 16.8. The summed E-state index contributed by atoms with van der Waals surface area (Å²) in [6.07, 6.45) is 2.52. The van der Waals surface area contributed by atoms with Crippen molar-refractivity contribution < 1.29 is 4.79 Å². The van der Waals surface area contributed by atoms with Gasteiger partial charge in [0.15, 0.2) is 11.4 Å². The largest absolute Gasteiger partial charge is 0.294 e. The molecular formula is C19H15N5O3S. The molecule has 0 aromatic carbocycles. The second-order valence-electron chi connectivity index (χ2n) is 6.88. The molecule has 4 aromatic rings. The van der Waals surface area contributed by atoms with E-state index < -0.39 is 0 Å². The van der Waals surface area contributed by atoms with Gasteiger partial charge in [0, 0.05) is 40.7 Å². The number of carbonyl (C=O) groups excluding carboxylic acids is 1. The summed E-state index contributed by atoms with van der Waals surface area (Å²) < 4.78 is 1.17. The van der Waals surface area contributed by atoms with Crippen LogP contribution >= 0.6 is 11.3 Å². The zero-order valence-corrected chi connectivity index (χ0v) is 15.7. The Bertz CT molecular complexity index is 1350. The van der Waals surface area contributed by atoms with Crippen LogP contribution in [0.1, 0.15) is 38.8 Å². The normalized spacial score (nSPS) is 16.5. The third-order valence-corrected chi connectivity index (χ3v) is 6.05. The monoisotopic (exact) mass is 393 g/mol. The number of hydrogen-bond acceptors (Lipinski definition) is 6. The number of ketones is 1. The van der Waals surface area contributed by atoms with Crippen molar-refractivity contribution in [3.63, 3.8) is 0 Å². The molecule has 0 amide bonds. The molecule has 0 radical (unpaired) electrons. The van der Waals surface area contributed by atoms with E-state index in [1.54, 1.807) is 18.3 Å². The first-order valence-corrected chi connectivity index (χ1v) is 9.67. The molecule has 0 aliphatic heterocycles. The fraction of sp³-hybridized carbons (Fsp3) is 0.211. The molecule has 0 saturated heterocycles. The fourth-order valence-electron chi connectivity index (χ4n) is 3.78. The van der Waals surface area contributed by atoms with Crippen LogP contribution in [0.25, 0.3) is 17.0 Å². The Hall–Kier alpha value is -3.33. The van der Waals surface area contributed by atoms with Crippen LogP contribution in [0.5, 0.6) is 0 Å². The lowest BCUT2D eigenvalue weighted by atomic mass is 9.82. The predicted molar refractivity (Wildman–Crippen MR) is 105 cm³/mol. The van der Waals surface area contributed by atoms with Gasteiger partial charge in [0.25, 0.3) is 11.1 Å². The Morgan fingerprint density at radius 3 is 2.86 bits per heavy atom. The molecule has 0 fully saturated rings. The summed E-state index contributed by atoms with van der Waals surface area (Å²) in [6, 6.07) is 5.33. The number of Topliss-reactive ketones (excluding diaryl/α,β-unsaturated/α-hetero) is 1. The van der Waals surface area contributed by atoms with E-state index in [2.05, 4.69) is 20.1 Å². The van der Waals surface area contributed by atoms with Gasteiger partial charge in [-0.15, -0.1) is 11.3 Å². The van der Waals surface area contributed by atoms with E-state index in [0.717, 1.165) is 4.88 Å². The van der Waals surface area contributed by atoms with E-state index in [9.17, 15) is 14.4 Å². The van der Waals surface area contributed by atoms with Gasteiger partial charge in [0.05, 0.1) is 5.39 Å². The van der Waals surface area contributed by atoms with Crippen molar-refractivity contribution in [1.82, 2.24) is 24.7 Å². The molecule has 5 rings (SSSR count). The lowest BCUT2D eigenvalue weighted by Gasteiger charge is -2.22. The number of nitrogens with zero attached hydrogens (tertiary/aromatic N) is 3. The first-order valence-electron chi connectivity index (χ1n) is 8.79. The second kappa shape index (κ2) is 6.10. The Labute approximate surface area is 161 Å². The van der Waals surface area contributed by atoms with Crippen molar-refractivity contribution in [3.05, 3.63) is 72.2 Å². The Kier molecular flexibility index (Phi) is 3.66. The molecule has 1 unspecified atom stereocenters. The molecule has 0 spiro atoms. The van der Waals surface area contributed by atoms with Gasteiger partial charge in [-0.05, 0) is 30.4 Å². The number of rotatable bonds is 2. The zero-order chi connectivity index (χ0) is 19.4. The third kappa shape index (κ3) is 2.55. The number of thiophene rings is 1. The van der Waals surface area contributed by atoms with Crippen molar-refractivity contribution in [2.45, 2.75) is 25.7 Å². The predicted octanol–water partition coefficient (Wildman–Crippen LogP) is 2.08. The molecule has 140 valence electrons. The minimum atomic E-state index is -0.382. The number of aromatic amines is 2. The highest BCUT2D eigenvalue weighted by atomic mass is 32.1. The van der Waals surface area contributed by atoms with E-state index in [1.807, 2.05) is 17.5 Å². The van der Waals surface area contributed by atoms with Crippen molar-refractivity contribution in [2.75, 3.05) is 0 Å². The van der Waals surface area contributed by atoms with Crippen LogP contribution < -0.4 is 11.1 Å². The van der Waals surface area contributed by atoms with Gasteiger partial charge in [-0.2, -0.15) is 4.68 Å². The maximum atomic E-state index is 13.1. The molecule has 9 heteroatoms. The molecule has 4 aromatic heterocycles. The molecule has 1 aliphatic rings. The van der Waals surface area contributed by atoms with Crippen LogP contribution in [0, 0.1) is 6.92 Å². The van der Waals surface area contributed by atoms with E-state index >= 15 is 0 Å². The van der Waals surface area contributed by atoms with Crippen molar-refractivity contribution in [3.8, 4) is 5.95 Å². The van der Waals surface area contributed by atoms with E-state index in [1.165, 1.54) is 16.9 Å². The quantitative estimate of drug-likeness (QED) is 0.541. The zero-order valence-electron chi connectivity index (χ0n) is 14.9. The molecule has 28 heavy (non-hydrogen) atoms. The summed E-state index contributed by atoms with van der Waals surface area (Å²) in [6.45, 7) is 1.68. The minimum Gasteiger partial charge on any atom is -0.294 e. The maximum Gasteiger partial charge on any atom is 0.283 e. The van der Waals surface area contributed by atoms with Crippen LogP contribution in [0.2, 0.25) is 0 Å². The summed E-state index contributed by atoms with van der Waals surface area (Å²) >= 11 is 1.61. The van der Waals surface area contributed by atoms with E-state index in [0.29, 0.717) is 40.7 Å². The topological polar surface area (TPSA) is 113 Å². The van der Waals surface area contributed by atoms with Crippen LogP contribution in [-0.4, -0.2) is 30.5 Å². The van der Waals surface area contributed by atoms with E-state index in [-0.39, 0.29) is 28.8 Å². The average Bonchev–Trinajstić information content (AvgIpc) is 3.29. The number of aryl methyl sites for hydroxylation is 1. The summed E-state index contributed by atoms with van der Waals surface area (Å²) in [7, 11) is 0. The SMILES string of the molecule is Cc1cc(=O)[nH]c(-n2[nH]c3ncc4c(c3c2=O)CC(c2cccs2)CC4=O)n1. The van der Waals surface area contributed by atoms with Crippen molar-refractivity contribution >= 4 is 28.2 Å². The highest BCUT2D eigenvalue weighted by Gasteiger charge is 2.30. The molecule has 1 atom stereocenters.